The van der Waals surface area contributed by atoms with Gasteiger partial charge in [-0.1, -0.05) is 11.6 Å². The fraction of sp³-hybridized carbons (Fsp3) is 0. The summed E-state index contributed by atoms with van der Waals surface area (Å²) < 4.78 is 1.02. The molecule has 0 aliphatic carbocycles. The minimum atomic E-state index is -0.265. The normalized spacial score (nSPS) is 10.8. The molecule has 0 aliphatic heterocycles. The van der Waals surface area contributed by atoms with Crippen molar-refractivity contribution in [1.82, 2.24) is 5.43 Å². The molecule has 6 heteroatoms. The molecule has 2 aromatic rings. The first kappa shape index (κ1) is 13.3. The predicted octanol–water partition coefficient (Wildman–Crippen LogP) is 3.93. The van der Waals surface area contributed by atoms with Crippen molar-refractivity contribution in [2.45, 2.75) is 0 Å². The first-order valence-electron chi connectivity index (χ1n) is 4.99. The van der Waals surface area contributed by atoms with Gasteiger partial charge in [0.1, 0.15) is 0 Å². The molecule has 0 radical (unpaired) electrons. The van der Waals surface area contributed by atoms with E-state index in [-0.39, 0.29) is 5.91 Å². The first-order chi connectivity index (χ1) is 8.65. The molecule has 0 spiro atoms. The van der Waals surface area contributed by atoms with E-state index in [0.29, 0.717) is 10.6 Å². The van der Waals surface area contributed by atoms with E-state index in [4.69, 9.17) is 11.6 Å². The highest BCUT2D eigenvalue weighted by molar-refractivity contribution is 9.11. The molecule has 2 rings (SSSR count). The Hall–Kier alpha value is -1.17. The van der Waals surface area contributed by atoms with E-state index < -0.39 is 0 Å². The maximum Gasteiger partial charge on any atom is 0.271 e. The Kier molecular flexibility index (Phi) is 4.52. The summed E-state index contributed by atoms with van der Waals surface area (Å²) in [5.41, 5.74) is 2.97. The zero-order valence-corrected chi connectivity index (χ0v) is 12.2. The number of halogens is 2. The molecule has 1 aromatic carbocycles. The summed E-state index contributed by atoms with van der Waals surface area (Å²) in [6, 6.07) is 10.5. The monoisotopic (exact) mass is 342 g/mol. The van der Waals surface area contributed by atoms with E-state index in [9.17, 15) is 4.79 Å². The Labute approximate surface area is 122 Å². The second-order valence-electron chi connectivity index (χ2n) is 3.35. The van der Waals surface area contributed by atoms with Crippen LogP contribution in [0.3, 0.4) is 0 Å². The van der Waals surface area contributed by atoms with Gasteiger partial charge in [0.2, 0.25) is 0 Å². The molecule has 0 unspecified atom stereocenters. The molecule has 1 aromatic heterocycles. The van der Waals surface area contributed by atoms with Gasteiger partial charge in [-0.3, -0.25) is 4.79 Å². The molecular weight excluding hydrogens is 336 g/mol. The van der Waals surface area contributed by atoms with E-state index in [1.165, 1.54) is 11.3 Å². The number of hydrogen-bond donors (Lipinski definition) is 1. The number of carbonyl (C=O) groups is 1. The third-order valence-corrected chi connectivity index (χ3v) is 3.87. The smallest absolute Gasteiger partial charge is 0.267 e. The van der Waals surface area contributed by atoms with Gasteiger partial charge < -0.3 is 0 Å². The third kappa shape index (κ3) is 3.66. The Morgan fingerprint density at radius 2 is 2.00 bits per heavy atom. The predicted molar refractivity (Wildman–Crippen MR) is 78.5 cm³/mol. The zero-order valence-electron chi connectivity index (χ0n) is 9.06. The largest absolute Gasteiger partial charge is 0.271 e. The van der Waals surface area contributed by atoms with Gasteiger partial charge in [0.05, 0.1) is 10.0 Å². The number of amides is 1. The molecule has 1 heterocycles. The van der Waals surface area contributed by atoms with Crippen LogP contribution in [-0.2, 0) is 0 Å². The number of thiophene rings is 1. The summed E-state index contributed by atoms with van der Waals surface area (Å²) in [6.07, 6.45) is 1.60. The van der Waals surface area contributed by atoms with E-state index in [0.717, 1.165) is 8.66 Å². The lowest BCUT2D eigenvalue weighted by Crippen LogP contribution is -2.17. The van der Waals surface area contributed by atoms with E-state index in [1.54, 1.807) is 30.5 Å². The van der Waals surface area contributed by atoms with Crippen LogP contribution in [0.1, 0.15) is 15.2 Å². The average Bonchev–Trinajstić information content (AvgIpc) is 2.76. The lowest BCUT2D eigenvalue weighted by atomic mass is 10.2. The zero-order chi connectivity index (χ0) is 13.0. The van der Waals surface area contributed by atoms with Crippen LogP contribution < -0.4 is 5.43 Å². The number of hydrogen-bond acceptors (Lipinski definition) is 3. The fourth-order valence-corrected chi connectivity index (χ4v) is 2.64. The van der Waals surface area contributed by atoms with Gasteiger partial charge in [-0.2, -0.15) is 5.10 Å². The van der Waals surface area contributed by atoms with Crippen LogP contribution in [0.4, 0.5) is 0 Å². The molecule has 1 amide bonds. The molecule has 0 aliphatic rings. The summed E-state index contributed by atoms with van der Waals surface area (Å²) in [5.74, 6) is -0.265. The van der Waals surface area contributed by atoms with Crippen molar-refractivity contribution in [2.75, 3.05) is 0 Å². The highest BCUT2D eigenvalue weighted by atomic mass is 79.9. The molecule has 92 valence electrons. The van der Waals surface area contributed by atoms with Crippen LogP contribution in [0.2, 0.25) is 5.02 Å². The summed E-state index contributed by atoms with van der Waals surface area (Å²) in [6.45, 7) is 0. The van der Waals surface area contributed by atoms with E-state index in [1.807, 2.05) is 12.1 Å². The Balaban J connectivity index is 1.96. The quantitative estimate of drug-likeness (QED) is 0.666. The second-order valence-corrected chi connectivity index (χ2v) is 6.28. The SMILES string of the molecule is O=C(NN=Cc1ccc(Br)s1)c1ccc(Cl)cc1. The van der Waals surface area contributed by atoms with Crippen LogP contribution >= 0.6 is 38.9 Å². The molecular formula is C12H8BrClN2OS. The number of nitrogens with zero attached hydrogens (tertiary/aromatic N) is 1. The number of benzene rings is 1. The number of carbonyl (C=O) groups excluding carboxylic acids is 1. The molecule has 0 fully saturated rings. The minimum absolute atomic E-state index is 0.265. The average molecular weight is 344 g/mol. The summed E-state index contributed by atoms with van der Waals surface area (Å²) >= 11 is 10.6. The molecule has 0 saturated carbocycles. The summed E-state index contributed by atoms with van der Waals surface area (Å²) in [4.78, 5) is 12.6. The van der Waals surface area contributed by atoms with Gasteiger partial charge in [-0.25, -0.2) is 5.43 Å². The van der Waals surface area contributed by atoms with Crippen LogP contribution in [0, 0.1) is 0 Å². The van der Waals surface area contributed by atoms with Gasteiger partial charge >= 0.3 is 0 Å². The van der Waals surface area contributed by atoms with Gasteiger partial charge in [0, 0.05) is 15.5 Å². The fourth-order valence-electron chi connectivity index (χ4n) is 1.22. The van der Waals surface area contributed by atoms with Crippen molar-refractivity contribution in [2.24, 2.45) is 5.10 Å². The molecule has 1 N–H and O–H groups in total. The maximum absolute atomic E-state index is 11.7. The van der Waals surface area contributed by atoms with E-state index >= 15 is 0 Å². The number of hydrazone groups is 1. The van der Waals surface area contributed by atoms with Crippen molar-refractivity contribution in [3.05, 3.63) is 55.6 Å². The van der Waals surface area contributed by atoms with Gasteiger partial charge in [-0.15, -0.1) is 11.3 Å². The highest BCUT2D eigenvalue weighted by Gasteiger charge is 2.03. The van der Waals surface area contributed by atoms with Gasteiger partial charge in [-0.05, 0) is 52.3 Å². The Morgan fingerprint density at radius 3 is 2.61 bits per heavy atom. The Bertz CT molecular complexity index is 580. The minimum Gasteiger partial charge on any atom is -0.267 e. The van der Waals surface area contributed by atoms with Gasteiger partial charge in [0.25, 0.3) is 5.91 Å². The molecule has 0 saturated heterocycles. The van der Waals surface area contributed by atoms with Crippen LogP contribution in [-0.4, -0.2) is 12.1 Å². The molecule has 0 bridgehead atoms. The highest BCUT2D eigenvalue weighted by Crippen LogP contribution is 2.20. The lowest BCUT2D eigenvalue weighted by Gasteiger charge is -1.98. The number of rotatable bonds is 3. The van der Waals surface area contributed by atoms with Crippen LogP contribution in [0.5, 0.6) is 0 Å². The third-order valence-electron chi connectivity index (χ3n) is 2.06. The summed E-state index contributed by atoms with van der Waals surface area (Å²) in [5, 5.41) is 4.48. The van der Waals surface area contributed by atoms with Crippen molar-refractivity contribution in [3.63, 3.8) is 0 Å². The van der Waals surface area contributed by atoms with Crippen molar-refractivity contribution < 1.29 is 4.79 Å². The van der Waals surface area contributed by atoms with Crippen molar-refractivity contribution >= 4 is 51.0 Å². The topological polar surface area (TPSA) is 41.5 Å². The molecule has 0 atom stereocenters. The second kappa shape index (κ2) is 6.13. The van der Waals surface area contributed by atoms with E-state index in [2.05, 4.69) is 26.5 Å². The van der Waals surface area contributed by atoms with Crippen LogP contribution in [0.25, 0.3) is 0 Å². The first-order valence-corrected chi connectivity index (χ1v) is 6.98. The maximum atomic E-state index is 11.7. The van der Waals surface area contributed by atoms with Crippen LogP contribution in [0.15, 0.2) is 45.3 Å². The van der Waals surface area contributed by atoms with Crippen molar-refractivity contribution in [3.8, 4) is 0 Å². The lowest BCUT2D eigenvalue weighted by molar-refractivity contribution is 0.0955. The molecule has 3 nitrogen and oxygen atoms in total. The Morgan fingerprint density at radius 1 is 1.28 bits per heavy atom. The standard InChI is InChI=1S/C12H8BrClN2OS/c13-11-6-5-10(18-11)7-15-16-12(17)8-1-3-9(14)4-2-8/h1-7H,(H,16,17). The summed E-state index contributed by atoms with van der Waals surface area (Å²) in [7, 11) is 0. The van der Waals surface area contributed by atoms with Crippen molar-refractivity contribution in [1.29, 1.82) is 0 Å². The number of nitrogens with one attached hydrogen (secondary N) is 1. The molecule has 18 heavy (non-hydrogen) atoms. The van der Waals surface area contributed by atoms with Gasteiger partial charge in [0.15, 0.2) is 0 Å².